The molecule has 0 radical (unpaired) electrons. The van der Waals surface area contributed by atoms with Gasteiger partial charge in [-0.1, -0.05) is 50.2 Å². The lowest BCUT2D eigenvalue weighted by atomic mass is 9.75. The summed E-state index contributed by atoms with van der Waals surface area (Å²) in [5.74, 6) is 2.10. The minimum absolute atomic E-state index is 0.391. The molecule has 1 fully saturated rings. The summed E-state index contributed by atoms with van der Waals surface area (Å²) >= 11 is 0. The van der Waals surface area contributed by atoms with Gasteiger partial charge in [0.05, 0.1) is 12.2 Å². The number of piperidine rings is 1. The van der Waals surface area contributed by atoms with Gasteiger partial charge in [0, 0.05) is 17.3 Å². The monoisotopic (exact) mass is 377 g/mol. The number of nitrogens with zero attached hydrogens (tertiary/aromatic N) is 5. The Bertz CT molecular complexity index is 891. The SMILES string of the molecule is CC(C)(C)C1CCN(Cc2nc(-c3ccc(-c4ccncn4)cc3)no2)CC1. The van der Waals surface area contributed by atoms with Crippen LogP contribution in [-0.2, 0) is 6.54 Å². The van der Waals surface area contributed by atoms with Crippen molar-refractivity contribution in [1.29, 1.82) is 0 Å². The molecule has 0 unspecified atom stereocenters. The molecule has 0 spiro atoms. The predicted molar refractivity (Wildman–Crippen MR) is 108 cm³/mol. The van der Waals surface area contributed by atoms with Gasteiger partial charge in [0.1, 0.15) is 6.33 Å². The van der Waals surface area contributed by atoms with Crippen molar-refractivity contribution in [2.24, 2.45) is 11.3 Å². The summed E-state index contributed by atoms with van der Waals surface area (Å²) < 4.78 is 5.51. The number of likely N-dealkylation sites (tertiary alicyclic amines) is 1. The highest BCUT2D eigenvalue weighted by Crippen LogP contribution is 2.34. The van der Waals surface area contributed by atoms with Crippen LogP contribution in [0.2, 0.25) is 0 Å². The molecule has 6 heteroatoms. The van der Waals surface area contributed by atoms with E-state index in [4.69, 9.17) is 4.52 Å². The van der Waals surface area contributed by atoms with E-state index in [0.717, 1.165) is 42.4 Å². The highest BCUT2D eigenvalue weighted by Gasteiger charge is 2.29. The topological polar surface area (TPSA) is 67.9 Å². The number of rotatable bonds is 4. The second-order valence-electron chi connectivity index (χ2n) is 8.60. The van der Waals surface area contributed by atoms with Crippen LogP contribution in [0.4, 0.5) is 0 Å². The Hall–Kier alpha value is -2.60. The molecule has 28 heavy (non-hydrogen) atoms. The molecule has 1 aliphatic rings. The van der Waals surface area contributed by atoms with Crippen LogP contribution >= 0.6 is 0 Å². The van der Waals surface area contributed by atoms with Gasteiger partial charge in [-0.25, -0.2) is 9.97 Å². The molecule has 3 aromatic rings. The summed E-state index contributed by atoms with van der Waals surface area (Å²) in [4.78, 5) is 15.2. The summed E-state index contributed by atoms with van der Waals surface area (Å²) in [6, 6.07) is 9.93. The lowest BCUT2D eigenvalue weighted by Gasteiger charge is -2.38. The largest absolute Gasteiger partial charge is 0.338 e. The smallest absolute Gasteiger partial charge is 0.241 e. The summed E-state index contributed by atoms with van der Waals surface area (Å²) in [6.45, 7) is 9.93. The van der Waals surface area contributed by atoms with Gasteiger partial charge >= 0.3 is 0 Å². The average Bonchev–Trinajstić information content (AvgIpc) is 3.17. The van der Waals surface area contributed by atoms with E-state index in [1.54, 1.807) is 12.5 Å². The molecule has 1 saturated heterocycles. The maximum absolute atomic E-state index is 5.51. The van der Waals surface area contributed by atoms with Crippen LogP contribution in [0.25, 0.3) is 22.6 Å². The first-order chi connectivity index (χ1) is 13.5. The second kappa shape index (κ2) is 7.80. The fourth-order valence-electron chi connectivity index (χ4n) is 3.84. The summed E-state index contributed by atoms with van der Waals surface area (Å²) in [5.41, 5.74) is 3.27. The van der Waals surface area contributed by atoms with E-state index in [1.165, 1.54) is 12.8 Å². The second-order valence-corrected chi connectivity index (χ2v) is 8.60. The zero-order valence-corrected chi connectivity index (χ0v) is 16.8. The van der Waals surface area contributed by atoms with Crippen molar-refractivity contribution in [3.63, 3.8) is 0 Å². The van der Waals surface area contributed by atoms with E-state index in [2.05, 4.69) is 45.8 Å². The third-order valence-corrected chi connectivity index (χ3v) is 5.66. The molecule has 0 aliphatic carbocycles. The van der Waals surface area contributed by atoms with Crippen LogP contribution in [0, 0.1) is 11.3 Å². The van der Waals surface area contributed by atoms with Gasteiger partial charge in [0.25, 0.3) is 0 Å². The quantitative estimate of drug-likeness (QED) is 0.669. The molecule has 146 valence electrons. The Morgan fingerprint density at radius 2 is 1.75 bits per heavy atom. The van der Waals surface area contributed by atoms with E-state index in [9.17, 15) is 0 Å². The van der Waals surface area contributed by atoms with Crippen molar-refractivity contribution < 1.29 is 4.52 Å². The van der Waals surface area contributed by atoms with E-state index >= 15 is 0 Å². The van der Waals surface area contributed by atoms with E-state index in [1.807, 2.05) is 30.3 Å². The molecule has 0 atom stereocenters. The van der Waals surface area contributed by atoms with Gasteiger partial charge in [0.15, 0.2) is 0 Å². The fraction of sp³-hybridized carbons (Fsp3) is 0.455. The van der Waals surface area contributed by atoms with Gasteiger partial charge in [-0.2, -0.15) is 4.98 Å². The number of aromatic nitrogens is 4. The summed E-state index contributed by atoms with van der Waals surface area (Å²) in [5, 5.41) is 4.17. The van der Waals surface area contributed by atoms with Crippen molar-refractivity contribution in [3.8, 4) is 22.6 Å². The van der Waals surface area contributed by atoms with Crippen LogP contribution in [0.1, 0.15) is 39.5 Å². The van der Waals surface area contributed by atoms with Gasteiger partial charge in [-0.05, 0) is 43.3 Å². The molecule has 1 aromatic carbocycles. The lowest BCUT2D eigenvalue weighted by molar-refractivity contribution is 0.100. The zero-order valence-electron chi connectivity index (χ0n) is 16.8. The third kappa shape index (κ3) is 4.28. The van der Waals surface area contributed by atoms with Crippen LogP contribution in [0.15, 0.2) is 47.4 Å². The molecule has 0 amide bonds. The maximum atomic E-state index is 5.51. The molecule has 2 aromatic heterocycles. The summed E-state index contributed by atoms with van der Waals surface area (Å²) in [6.07, 6.45) is 5.76. The van der Waals surface area contributed by atoms with Gasteiger partial charge < -0.3 is 4.52 Å². The van der Waals surface area contributed by atoms with Gasteiger partial charge in [-0.15, -0.1) is 0 Å². The van der Waals surface area contributed by atoms with Crippen LogP contribution in [0.5, 0.6) is 0 Å². The molecule has 6 nitrogen and oxygen atoms in total. The van der Waals surface area contributed by atoms with E-state index in [-0.39, 0.29) is 0 Å². The molecule has 4 rings (SSSR count). The Kier molecular flexibility index (Phi) is 5.22. The third-order valence-electron chi connectivity index (χ3n) is 5.66. The van der Waals surface area contributed by atoms with Crippen molar-refractivity contribution in [3.05, 3.63) is 48.7 Å². The van der Waals surface area contributed by atoms with Crippen molar-refractivity contribution in [2.75, 3.05) is 13.1 Å². The Morgan fingerprint density at radius 3 is 2.39 bits per heavy atom. The molecule has 3 heterocycles. The first kappa shape index (κ1) is 18.7. The normalized spacial score (nSPS) is 16.4. The molecule has 0 N–H and O–H groups in total. The zero-order chi connectivity index (χ0) is 19.6. The molecule has 0 bridgehead atoms. The molecular weight excluding hydrogens is 350 g/mol. The first-order valence-electron chi connectivity index (χ1n) is 9.91. The Balaban J connectivity index is 1.38. The Labute approximate surface area is 166 Å². The predicted octanol–water partition coefficient (Wildman–Crippen LogP) is 4.45. The van der Waals surface area contributed by atoms with Crippen LogP contribution in [-0.4, -0.2) is 38.1 Å². The van der Waals surface area contributed by atoms with Crippen LogP contribution in [0.3, 0.4) is 0 Å². The Morgan fingerprint density at radius 1 is 1.04 bits per heavy atom. The van der Waals surface area contributed by atoms with Crippen molar-refractivity contribution in [1.82, 2.24) is 25.0 Å². The molecule has 0 saturated carbocycles. The number of hydrogen-bond acceptors (Lipinski definition) is 6. The minimum Gasteiger partial charge on any atom is -0.338 e. The van der Waals surface area contributed by atoms with E-state index < -0.39 is 0 Å². The first-order valence-corrected chi connectivity index (χ1v) is 9.91. The minimum atomic E-state index is 0.391. The standard InChI is InChI=1S/C22H27N5O/c1-22(2,3)18-9-12-27(13-10-18)14-20-25-21(26-28-20)17-6-4-16(5-7-17)19-8-11-23-15-24-19/h4-8,11,15,18H,9-10,12-14H2,1-3H3. The van der Waals surface area contributed by atoms with Gasteiger partial charge in [-0.3, -0.25) is 4.90 Å². The lowest BCUT2D eigenvalue weighted by Crippen LogP contribution is -2.37. The van der Waals surface area contributed by atoms with Crippen LogP contribution < -0.4 is 0 Å². The van der Waals surface area contributed by atoms with Crippen molar-refractivity contribution >= 4 is 0 Å². The number of benzene rings is 1. The maximum Gasteiger partial charge on any atom is 0.241 e. The molecule has 1 aliphatic heterocycles. The highest BCUT2D eigenvalue weighted by molar-refractivity contribution is 5.64. The summed E-state index contributed by atoms with van der Waals surface area (Å²) in [7, 11) is 0. The van der Waals surface area contributed by atoms with Crippen molar-refractivity contribution in [2.45, 2.75) is 40.2 Å². The highest BCUT2D eigenvalue weighted by atomic mass is 16.5. The van der Waals surface area contributed by atoms with E-state index in [0.29, 0.717) is 17.1 Å². The fourth-order valence-corrected chi connectivity index (χ4v) is 3.84. The number of hydrogen-bond donors (Lipinski definition) is 0. The average molecular weight is 377 g/mol. The van der Waals surface area contributed by atoms with Gasteiger partial charge in [0.2, 0.25) is 11.7 Å². The molecular formula is C22H27N5O.